The van der Waals surface area contributed by atoms with Gasteiger partial charge in [-0.3, -0.25) is 0 Å². The Balaban J connectivity index is 1.64. The van der Waals surface area contributed by atoms with Crippen LogP contribution in [0, 0.1) is 12.8 Å². The number of fused-ring (bicyclic) bond motifs is 1. The van der Waals surface area contributed by atoms with Crippen molar-refractivity contribution in [3.63, 3.8) is 0 Å². The molecule has 0 spiro atoms. The molecule has 0 amide bonds. The van der Waals surface area contributed by atoms with Crippen LogP contribution in [0.1, 0.15) is 25.3 Å². The molecule has 8 nitrogen and oxygen atoms in total. The van der Waals surface area contributed by atoms with Crippen molar-refractivity contribution in [2.45, 2.75) is 26.7 Å². The van der Waals surface area contributed by atoms with E-state index in [1.165, 1.54) is 10.6 Å². The molecule has 138 valence electrons. The van der Waals surface area contributed by atoms with Gasteiger partial charge in [0.1, 0.15) is 17.0 Å². The van der Waals surface area contributed by atoms with Crippen molar-refractivity contribution in [1.29, 1.82) is 0 Å². The number of nitrogens with two attached hydrogens (primary N) is 1. The average Bonchev–Trinajstić information content (AvgIpc) is 2.79. The molecule has 1 saturated heterocycles. The summed E-state index contributed by atoms with van der Waals surface area (Å²) >= 11 is 6.18. The smallest absolute Gasteiger partial charge is 0.276 e. The fourth-order valence-corrected chi connectivity index (χ4v) is 4.35. The minimum Gasteiger partial charge on any atom is -0.354 e. The lowest BCUT2D eigenvalue weighted by Crippen LogP contribution is -2.49. The maximum absolute atomic E-state index is 11.6. The molecule has 1 fully saturated rings. The Hall–Kier alpha value is -1.42. The zero-order chi connectivity index (χ0) is 18.2. The Morgan fingerprint density at radius 2 is 2.12 bits per heavy atom. The fourth-order valence-electron chi connectivity index (χ4n) is 3.26. The Bertz CT molecular complexity index is 862. The molecule has 0 atom stereocenters. The van der Waals surface area contributed by atoms with Crippen LogP contribution in [0.4, 0.5) is 5.82 Å². The normalized spacial score (nSPS) is 16.0. The van der Waals surface area contributed by atoms with Crippen molar-refractivity contribution in [3.05, 3.63) is 23.1 Å². The van der Waals surface area contributed by atoms with Crippen molar-refractivity contribution in [2.75, 3.05) is 31.1 Å². The second kappa shape index (κ2) is 7.06. The molecule has 3 heterocycles. The molecule has 1 aliphatic heterocycles. The van der Waals surface area contributed by atoms with Gasteiger partial charge >= 0.3 is 0 Å². The van der Waals surface area contributed by atoms with Crippen LogP contribution in [0.2, 0.25) is 5.15 Å². The first-order chi connectivity index (χ1) is 11.8. The molecule has 0 aliphatic carbocycles. The van der Waals surface area contributed by atoms with Crippen LogP contribution in [0.15, 0.2) is 12.4 Å². The van der Waals surface area contributed by atoms with Crippen LogP contribution in [-0.2, 0) is 10.2 Å². The first-order valence-electron chi connectivity index (χ1n) is 8.33. The molecule has 0 radical (unpaired) electrons. The van der Waals surface area contributed by atoms with E-state index in [9.17, 15) is 8.42 Å². The van der Waals surface area contributed by atoms with Gasteiger partial charge in [-0.1, -0.05) is 18.5 Å². The van der Waals surface area contributed by atoms with E-state index >= 15 is 0 Å². The van der Waals surface area contributed by atoms with Gasteiger partial charge in [0, 0.05) is 26.2 Å². The highest BCUT2D eigenvalue weighted by molar-refractivity contribution is 7.86. The summed E-state index contributed by atoms with van der Waals surface area (Å²) in [6.07, 6.45) is 3.04. The molecule has 2 aromatic rings. The summed E-state index contributed by atoms with van der Waals surface area (Å²) in [5, 5.41) is 10.0. The van der Waals surface area contributed by atoms with Gasteiger partial charge in [0.2, 0.25) is 0 Å². The third-order valence-electron chi connectivity index (χ3n) is 4.56. The summed E-state index contributed by atoms with van der Waals surface area (Å²) in [5.74, 6) is 1.29. The van der Waals surface area contributed by atoms with E-state index in [1.54, 1.807) is 4.52 Å². The minimum absolute atomic E-state index is 0.418. The van der Waals surface area contributed by atoms with E-state index in [0.717, 1.165) is 42.8 Å². The Morgan fingerprint density at radius 3 is 2.76 bits per heavy atom. The van der Waals surface area contributed by atoms with E-state index in [4.69, 9.17) is 16.7 Å². The van der Waals surface area contributed by atoms with E-state index < -0.39 is 10.2 Å². The van der Waals surface area contributed by atoms with Crippen LogP contribution in [0.3, 0.4) is 0 Å². The molecular weight excluding hydrogens is 364 g/mol. The summed E-state index contributed by atoms with van der Waals surface area (Å²) < 4.78 is 26.2. The highest BCUT2D eigenvalue weighted by Gasteiger charge is 2.31. The maximum Gasteiger partial charge on any atom is 0.276 e. The van der Waals surface area contributed by atoms with Crippen LogP contribution in [0.25, 0.3) is 5.52 Å². The number of hydrogen-bond acceptors (Lipinski definition) is 5. The molecule has 2 N–H and O–H groups in total. The zero-order valence-corrected chi connectivity index (χ0v) is 16.0. The van der Waals surface area contributed by atoms with Gasteiger partial charge in [-0.25, -0.2) is 14.6 Å². The molecule has 0 aromatic carbocycles. The average molecular weight is 387 g/mol. The van der Waals surface area contributed by atoms with Gasteiger partial charge in [-0.15, -0.1) is 0 Å². The van der Waals surface area contributed by atoms with Crippen molar-refractivity contribution < 1.29 is 8.42 Å². The standard InChI is InChI=1S/C15H23ClN6O2S/c1-3-5-21(25(17,23)24)6-4-12-8-20(9-12)15-14-11(2)7-13(16)22(14)19-10-18-15/h7,10,12H,3-6,8-9H2,1-2H3,(H2,17,23,24). The molecule has 3 rings (SSSR count). The molecule has 0 bridgehead atoms. The molecule has 2 aromatic heterocycles. The molecule has 0 unspecified atom stereocenters. The first kappa shape index (κ1) is 18.4. The lowest BCUT2D eigenvalue weighted by Gasteiger charge is -2.41. The van der Waals surface area contributed by atoms with Gasteiger partial charge in [-0.05, 0) is 37.3 Å². The first-order valence-corrected chi connectivity index (χ1v) is 10.2. The number of rotatable bonds is 7. The lowest BCUT2D eigenvalue weighted by molar-refractivity contribution is 0.323. The van der Waals surface area contributed by atoms with Crippen molar-refractivity contribution in [3.8, 4) is 0 Å². The third-order valence-corrected chi connectivity index (χ3v) is 5.91. The van der Waals surface area contributed by atoms with Crippen LogP contribution < -0.4 is 10.0 Å². The number of anilines is 1. The SMILES string of the molecule is CCCN(CCC1CN(c2ncnn3c(Cl)cc(C)c23)C1)S(N)(=O)=O. The summed E-state index contributed by atoms with van der Waals surface area (Å²) in [6.45, 7) is 6.51. The van der Waals surface area contributed by atoms with Gasteiger partial charge in [-0.2, -0.15) is 17.8 Å². The summed E-state index contributed by atoms with van der Waals surface area (Å²) in [5.41, 5.74) is 1.95. The van der Waals surface area contributed by atoms with Crippen LogP contribution in [0.5, 0.6) is 0 Å². The van der Waals surface area contributed by atoms with Gasteiger partial charge in [0.15, 0.2) is 5.82 Å². The minimum atomic E-state index is -3.62. The fraction of sp³-hybridized carbons (Fsp3) is 0.600. The predicted molar refractivity (Wildman–Crippen MR) is 98.0 cm³/mol. The maximum atomic E-state index is 11.6. The summed E-state index contributed by atoms with van der Waals surface area (Å²) in [6, 6.07) is 1.88. The van der Waals surface area contributed by atoms with E-state index in [0.29, 0.717) is 24.2 Å². The predicted octanol–water partition coefficient (Wildman–Crippen LogP) is 1.43. The monoisotopic (exact) mass is 386 g/mol. The molecule has 10 heteroatoms. The lowest BCUT2D eigenvalue weighted by atomic mass is 9.96. The second-order valence-electron chi connectivity index (χ2n) is 6.50. The Kier molecular flexibility index (Phi) is 5.19. The Labute approximate surface area is 152 Å². The van der Waals surface area contributed by atoms with E-state index in [-0.39, 0.29) is 0 Å². The quantitative estimate of drug-likeness (QED) is 0.776. The summed E-state index contributed by atoms with van der Waals surface area (Å²) in [7, 11) is -3.62. The second-order valence-corrected chi connectivity index (χ2v) is 8.43. The van der Waals surface area contributed by atoms with Crippen molar-refractivity contribution in [2.24, 2.45) is 11.1 Å². The van der Waals surface area contributed by atoms with Crippen LogP contribution >= 0.6 is 11.6 Å². The summed E-state index contributed by atoms with van der Waals surface area (Å²) in [4.78, 5) is 6.58. The van der Waals surface area contributed by atoms with Gasteiger partial charge in [0.25, 0.3) is 10.2 Å². The highest BCUT2D eigenvalue weighted by Crippen LogP contribution is 2.31. The zero-order valence-electron chi connectivity index (χ0n) is 14.4. The largest absolute Gasteiger partial charge is 0.354 e. The van der Waals surface area contributed by atoms with E-state index in [2.05, 4.69) is 15.0 Å². The van der Waals surface area contributed by atoms with Crippen LogP contribution in [-0.4, -0.2) is 53.5 Å². The van der Waals surface area contributed by atoms with Gasteiger partial charge in [0.05, 0.1) is 0 Å². The number of hydrogen-bond donors (Lipinski definition) is 1. The topological polar surface area (TPSA) is 96.8 Å². The molecule has 25 heavy (non-hydrogen) atoms. The molecular formula is C15H23ClN6O2S. The third kappa shape index (κ3) is 3.74. The number of nitrogens with zero attached hydrogens (tertiary/aromatic N) is 5. The Morgan fingerprint density at radius 1 is 1.40 bits per heavy atom. The molecule has 0 saturated carbocycles. The number of aryl methyl sites for hydroxylation is 1. The van der Waals surface area contributed by atoms with Crippen molar-refractivity contribution >= 4 is 33.1 Å². The van der Waals surface area contributed by atoms with Gasteiger partial charge < -0.3 is 4.90 Å². The number of halogens is 1. The number of aromatic nitrogens is 3. The van der Waals surface area contributed by atoms with Crippen molar-refractivity contribution in [1.82, 2.24) is 18.9 Å². The van der Waals surface area contributed by atoms with E-state index in [1.807, 2.05) is 19.9 Å². The molecule has 1 aliphatic rings. The highest BCUT2D eigenvalue weighted by atomic mass is 35.5.